The Hall–Kier alpha value is -5.46. The molecule has 4 bridgehead atoms. The van der Waals surface area contributed by atoms with Gasteiger partial charge in [-0.15, -0.1) is 0 Å². The van der Waals surface area contributed by atoms with Crippen molar-refractivity contribution in [1.29, 1.82) is 0 Å². The maximum atomic E-state index is 2.51. The third-order valence-electron chi connectivity index (χ3n) is 9.46. The van der Waals surface area contributed by atoms with Crippen LogP contribution in [0.3, 0.4) is 0 Å². The second-order valence-electron chi connectivity index (χ2n) is 12.4. The quantitative estimate of drug-likeness (QED) is 0.188. The zero-order chi connectivity index (χ0) is 30.7. The monoisotopic (exact) mass is 588 g/mol. The lowest BCUT2D eigenvalue weighted by molar-refractivity contribution is 0.919. The van der Waals surface area contributed by atoms with E-state index in [9.17, 15) is 0 Å². The minimum absolute atomic E-state index is 1.00. The summed E-state index contributed by atoms with van der Waals surface area (Å²) in [5.74, 6) is 0. The maximum Gasteiger partial charge on any atom is -0.00141 e. The molecule has 0 heteroatoms. The van der Waals surface area contributed by atoms with Crippen LogP contribution in [0.25, 0.3) is 28.4 Å². The molecular formula is C46H36. The number of allylic oxidation sites excluding steroid dienone is 5. The molecule has 46 heavy (non-hydrogen) atoms. The van der Waals surface area contributed by atoms with Crippen LogP contribution in [0.1, 0.15) is 50.1 Å². The molecule has 0 aromatic heterocycles. The summed E-state index contributed by atoms with van der Waals surface area (Å²) >= 11 is 0. The van der Waals surface area contributed by atoms with E-state index in [4.69, 9.17) is 0 Å². The van der Waals surface area contributed by atoms with E-state index >= 15 is 0 Å². The molecule has 0 unspecified atom stereocenters. The molecule has 5 aliphatic carbocycles. The summed E-state index contributed by atoms with van der Waals surface area (Å²) in [4.78, 5) is 0. The highest BCUT2D eigenvalue weighted by Crippen LogP contribution is 2.55. The van der Waals surface area contributed by atoms with Crippen molar-refractivity contribution in [1.82, 2.24) is 0 Å². The fourth-order valence-electron chi connectivity index (χ4n) is 7.14. The average molecular weight is 589 g/mol. The molecule has 0 saturated heterocycles. The first-order valence-electron chi connectivity index (χ1n) is 16.4. The maximum absolute atomic E-state index is 2.51. The summed E-state index contributed by atoms with van der Waals surface area (Å²) in [6, 6.07) is 60.4. The van der Waals surface area contributed by atoms with Gasteiger partial charge in [0.05, 0.1) is 0 Å². The molecule has 220 valence electrons. The van der Waals surface area contributed by atoms with Crippen molar-refractivity contribution in [2.75, 3.05) is 0 Å². The lowest BCUT2D eigenvalue weighted by Gasteiger charge is -2.16. The van der Waals surface area contributed by atoms with Gasteiger partial charge in [0.15, 0.2) is 0 Å². The summed E-state index contributed by atoms with van der Waals surface area (Å²) in [6.45, 7) is 0. The van der Waals surface area contributed by atoms with Crippen LogP contribution in [0.5, 0.6) is 0 Å². The highest BCUT2D eigenvalue weighted by atomic mass is 14.3. The van der Waals surface area contributed by atoms with Crippen molar-refractivity contribution < 1.29 is 0 Å². The van der Waals surface area contributed by atoms with Crippen molar-refractivity contribution in [3.63, 3.8) is 0 Å². The van der Waals surface area contributed by atoms with Crippen LogP contribution in [0, 0.1) is 0 Å². The topological polar surface area (TPSA) is 0 Å². The van der Waals surface area contributed by atoms with Crippen molar-refractivity contribution in [2.45, 2.75) is 25.7 Å². The van der Waals surface area contributed by atoms with E-state index in [1.54, 1.807) is 0 Å². The Bertz CT molecular complexity index is 1980. The van der Waals surface area contributed by atoms with Crippen molar-refractivity contribution in [3.05, 3.63) is 219 Å². The van der Waals surface area contributed by atoms with Crippen LogP contribution in [0.2, 0.25) is 0 Å². The Balaban J connectivity index is 1.44. The highest BCUT2D eigenvalue weighted by Gasteiger charge is 2.32. The van der Waals surface area contributed by atoms with Crippen molar-refractivity contribution in [2.24, 2.45) is 0 Å². The standard InChI is InChI=1S/C46H36/c1-5-13-37(14-6-1)43-42(32-41-31-35-26-25-33-21-23-34(24-22-33)27-29-36(41)30-28-35)44(38-15-7-2-8-16-38)46(40-19-11-4-12-20-40)45(43)39-17-9-3-10-18-39/h1-24,28,30-32H,25-27,29H2. The van der Waals surface area contributed by atoms with Gasteiger partial charge in [-0.25, -0.2) is 0 Å². The van der Waals surface area contributed by atoms with Crippen LogP contribution < -0.4 is 0 Å². The second kappa shape index (κ2) is 12.5. The highest BCUT2D eigenvalue weighted by molar-refractivity contribution is 6.35. The second-order valence-corrected chi connectivity index (χ2v) is 12.4. The van der Waals surface area contributed by atoms with Gasteiger partial charge in [-0.2, -0.15) is 0 Å². The Morgan fingerprint density at radius 1 is 0.326 bits per heavy atom. The minimum Gasteiger partial charge on any atom is -0.0622 e. The normalized spacial score (nSPS) is 14.4. The van der Waals surface area contributed by atoms with Gasteiger partial charge in [0, 0.05) is 0 Å². The molecule has 0 aliphatic heterocycles. The number of hydrogen-bond donors (Lipinski definition) is 0. The number of benzene rings is 6. The third kappa shape index (κ3) is 5.48. The largest absolute Gasteiger partial charge is 0.0622 e. The molecule has 0 N–H and O–H groups in total. The van der Waals surface area contributed by atoms with E-state index in [2.05, 4.69) is 170 Å². The summed E-state index contributed by atoms with van der Waals surface area (Å²) in [6.07, 6.45) is 6.63. The number of rotatable bonds is 5. The van der Waals surface area contributed by atoms with Gasteiger partial charge in [0.25, 0.3) is 0 Å². The van der Waals surface area contributed by atoms with Gasteiger partial charge in [-0.3, -0.25) is 0 Å². The SMILES string of the molecule is C(=C1C(c2ccccc2)=C(c2ccccc2)C(c2ccccc2)=C1c1ccccc1)c1cc2ccc1CCc1ccc(cc1)CC2. The van der Waals surface area contributed by atoms with Crippen LogP contribution >= 0.6 is 0 Å². The Morgan fingerprint density at radius 3 is 1.15 bits per heavy atom. The van der Waals surface area contributed by atoms with Gasteiger partial charge in [0.2, 0.25) is 0 Å². The molecule has 0 saturated carbocycles. The summed E-state index contributed by atoms with van der Waals surface area (Å²) in [5, 5.41) is 0. The molecular weight excluding hydrogens is 553 g/mol. The van der Waals surface area contributed by atoms with Crippen molar-refractivity contribution >= 4 is 28.4 Å². The molecule has 0 nitrogen and oxygen atoms in total. The van der Waals surface area contributed by atoms with Crippen LogP contribution in [0.15, 0.2) is 169 Å². The van der Waals surface area contributed by atoms with Gasteiger partial charge in [-0.05, 0) is 110 Å². The van der Waals surface area contributed by atoms with Crippen LogP contribution in [-0.4, -0.2) is 0 Å². The molecule has 11 rings (SSSR count). The van der Waals surface area contributed by atoms with Gasteiger partial charge in [0.1, 0.15) is 0 Å². The molecule has 0 atom stereocenters. The van der Waals surface area contributed by atoms with Crippen LogP contribution in [-0.2, 0) is 25.7 Å². The molecule has 0 radical (unpaired) electrons. The fourth-order valence-corrected chi connectivity index (χ4v) is 7.14. The van der Waals surface area contributed by atoms with Gasteiger partial charge >= 0.3 is 0 Å². The summed E-state index contributed by atoms with van der Waals surface area (Å²) in [5.41, 5.74) is 18.3. The zero-order valence-electron chi connectivity index (χ0n) is 26.0. The Morgan fingerprint density at radius 2 is 0.696 bits per heavy atom. The van der Waals surface area contributed by atoms with Gasteiger partial charge < -0.3 is 0 Å². The third-order valence-corrected chi connectivity index (χ3v) is 9.46. The molecule has 6 aromatic carbocycles. The first-order valence-corrected chi connectivity index (χ1v) is 16.4. The molecule has 6 aromatic rings. The summed E-state index contributed by atoms with van der Waals surface area (Å²) in [7, 11) is 0. The van der Waals surface area contributed by atoms with E-state index in [1.807, 2.05) is 0 Å². The minimum atomic E-state index is 1.00. The first kappa shape index (κ1) is 28.0. The van der Waals surface area contributed by atoms with E-state index in [-0.39, 0.29) is 0 Å². The van der Waals surface area contributed by atoms with Crippen molar-refractivity contribution in [3.8, 4) is 0 Å². The zero-order valence-corrected chi connectivity index (χ0v) is 26.0. The van der Waals surface area contributed by atoms with E-state index in [0.29, 0.717) is 0 Å². The Kier molecular flexibility index (Phi) is 7.62. The number of aryl methyl sites for hydroxylation is 4. The lowest BCUT2D eigenvalue weighted by Crippen LogP contribution is -2.01. The predicted octanol–water partition coefficient (Wildman–Crippen LogP) is 11.2. The first-order chi connectivity index (χ1) is 22.8. The Labute approximate surface area is 272 Å². The predicted molar refractivity (Wildman–Crippen MR) is 195 cm³/mol. The lowest BCUT2D eigenvalue weighted by atomic mass is 9.87. The molecule has 0 fully saturated rings. The van der Waals surface area contributed by atoms with Gasteiger partial charge in [-0.1, -0.05) is 164 Å². The molecule has 0 spiro atoms. The molecule has 5 aliphatic rings. The molecule has 0 amide bonds. The van der Waals surface area contributed by atoms with E-state index in [0.717, 1.165) is 25.7 Å². The summed E-state index contributed by atoms with van der Waals surface area (Å²) < 4.78 is 0. The number of hydrogen-bond acceptors (Lipinski definition) is 0. The fraction of sp³-hybridized carbons (Fsp3) is 0.0870. The van der Waals surface area contributed by atoms with E-state index in [1.165, 1.54) is 77.9 Å². The smallest absolute Gasteiger partial charge is 0.00141 e. The van der Waals surface area contributed by atoms with Crippen LogP contribution in [0.4, 0.5) is 0 Å². The van der Waals surface area contributed by atoms with E-state index < -0.39 is 0 Å². The average Bonchev–Trinajstić information content (AvgIpc) is 3.46. The molecule has 0 heterocycles.